The van der Waals surface area contributed by atoms with Crippen molar-refractivity contribution in [1.82, 2.24) is 0 Å². The summed E-state index contributed by atoms with van der Waals surface area (Å²) in [7, 11) is 0. The van der Waals surface area contributed by atoms with Crippen LogP contribution in [0.15, 0.2) is 18.2 Å². The van der Waals surface area contributed by atoms with Crippen LogP contribution < -0.4 is 11.1 Å². The third kappa shape index (κ3) is 2.70. The van der Waals surface area contributed by atoms with Crippen molar-refractivity contribution in [2.75, 3.05) is 5.32 Å². The molecular formula is C10H12N2O3. The molecule has 0 saturated carbocycles. The van der Waals surface area contributed by atoms with E-state index in [4.69, 9.17) is 5.73 Å². The van der Waals surface area contributed by atoms with E-state index in [2.05, 4.69) is 5.32 Å². The van der Waals surface area contributed by atoms with Crippen molar-refractivity contribution >= 4 is 17.5 Å². The fourth-order valence-electron chi connectivity index (χ4n) is 1.07. The Bertz CT molecular complexity index is 402. The van der Waals surface area contributed by atoms with Crippen LogP contribution in [0.4, 0.5) is 5.69 Å². The van der Waals surface area contributed by atoms with Crippen LogP contribution in [0.1, 0.15) is 23.7 Å². The summed E-state index contributed by atoms with van der Waals surface area (Å²) in [6, 6.07) is 4.16. The quantitative estimate of drug-likeness (QED) is 0.687. The lowest BCUT2D eigenvalue weighted by atomic mass is 10.1. The van der Waals surface area contributed by atoms with Gasteiger partial charge in [0.2, 0.25) is 5.91 Å². The summed E-state index contributed by atoms with van der Waals surface area (Å²) in [5, 5.41) is 11.9. The molecule has 0 aromatic heterocycles. The molecule has 80 valence electrons. The number of amides is 2. The largest absolute Gasteiger partial charge is 0.507 e. The first kappa shape index (κ1) is 11.0. The van der Waals surface area contributed by atoms with E-state index in [1.165, 1.54) is 18.2 Å². The molecule has 0 radical (unpaired) electrons. The summed E-state index contributed by atoms with van der Waals surface area (Å²) in [6.07, 6.45) is 0.346. The fourth-order valence-corrected chi connectivity index (χ4v) is 1.07. The number of aromatic hydroxyl groups is 1. The number of hydrogen-bond donors (Lipinski definition) is 3. The molecule has 1 rings (SSSR count). The Morgan fingerprint density at radius 1 is 1.47 bits per heavy atom. The molecule has 1 aromatic rings. The van der Waals surface area contributed by atoms with Gasteiger partial charge in [0.15, 0.2) is 0 Å². The summed E-state index contributed by atoms with van der Waals surface area (Å²) in [6.45, 7) is 1.72. The first-order valence-electron chi connectivity index (χ1n) is 4.47. The van der Waals surface area contributed by atoms with Crippen LogP contribution in [-0.2, 0) is 4.79 Å². The highest BCUT2D eigenvalue weighted by molar-refractivity contribution is 5.97. The fraction of sp³-hybridized carbons (Fsp3) is 0.200. The Morgan fingerprint density at radius 2 is 2.13 bits per heavy atom. The number of nitrogens with one attached hydrogen (secondary N) is 1. The number of anilines is 1. The number of rotatable bonds is 3. The number of carbonyl (C=O) groups is 2. The second-order valence-corrected chi connectivity index (χ2v) is 3.00. The minimum atomic E-state index is -0.708. The Balaban J connectivity index is 2.91. The minimum Gasteiger partial charge on any atom is -0.507 e. The lowest BCUT2D eigenvalue weighted by Gasteiger charge is -2.05. The third-order valence-corrected chi connectivity index (χ3v) is 1.87. The molecule has 0 unspecified atom stereocenters. The molecule has 0 atom stereocenters. The van der Waals surface area contributed by atoms with E-state index in [1.54, 1.807) is 6.92 Å². The van der Waals surface area contributed by atoms with Crippen molar-refractivity contribution in [1.29, 1.82) is 0 Å². The molecule has 2 amide bonds. The molecule has 4 N–H and O–H groups in total. The zero-order chi connectivity index (χ0) is 11.4. The van der Waals surface area contributed by atoms with Gasteiger partial charge in [0.05, 0.1) is 5.56 Å². The second-order valence-electron chi connectivity index (χ2n) is 3.00. The normalized spacial score (nSPS) is 9.67. The maximum absolute atomic E-state index is 11.0. The zero-order valence-electron chi connectivity index (χ0n) is 8.28. The predicted molar refractivity (Wildman–Crippen MR) is 55.5 cm³/mol. The molecule has 0 fully saturated rings. The number of hydrogen-bond acceptors (Lipinski definition) is 3. The van der Waals surface area contributed by atoms with Gasteiger partial charge >= 0.3 is 0 Å². The monoisotopic (exact) mass is 208 g/mol. The van der Waals surface area contributed by atoms with Crippen LogP contribution in [0.3, 0.4) is 0 Å². The van der Waals surface area contributed by atoms with Gasteiger partial charge in [0.25, 0.3) is 5.91 Å². The van der Waals surface area contributed by atoms with E-state index >= 15 is 0 Å². The van der Waals surface area contributed by atoms with Crippen molar-refractivity contribution in [2.24, 2.45) is 5.73 Å². The second kappa shape index (κ2) is 4.45. The number of carbonyl (C=O) groups excluding carboxylic acids is 2. The van der Waals surface area contributed by atoms with E-state index in [1.807, 2.05) is 0 Å². The van der Waals surface area contributed by atoms with Crippen molar-refractivity contribution < 1.29 is 14.7 Å². The van der Waals surface area contributed by atoms with Gasteiger partial charge in [-0.1, -0.05) is 6.92 Å². The van der Waals surface area contributed by atoms with Gasteiger partial charge in [0.1, 0.15) is 5.75 Å². The van der Waals surface area contributed by atoms with Gasteiger partial charge in [0, 0.05) is 18.2 Å². The van der Waals surface area contributed by atoms with E-state index in [0.29, 0.717) is 12.1 Å². The number of phenols is 1. The molecule has 1 aromatic carbocycles. The molecule has 5 heteroatoms. The SMILES string of the molecule is CCC(=O)Nc1ccc(C(N)=O)c(O)c1. The van der Waals surface area contributed by atoms with Gasteiger partial charge in [-0.05, 0) is 12.1 Å². The molecule has 0 aliphatic carbocycles. The molecule has 0 aliphatic rings. The smallest absolute Gasteiger partial charge is 0.252 e. The Morgan fingerprint density at radius 3 is 2.60 bits per heavy atom. The molecule has 5 nitrogen and oxygen atoms in total. The predicted octanol–water partition coefficient (Wildman–Crippen LogP) is 0.840. The van der Waals surface area contributed by atoms with E-state index < -0.39 is 5.91 Å². The van der Waals surface area contributed by atoms with Crippen molar-refractivity contribution in [3.63, 3.8) is 0 Å². The molecular weight excluding hydrogens is 196 g/mol. The number of primary amides is 1. The average molecular weight is 208 g/mol. The molecule has 0 saturated heterocycles. The van der Waals surface area contributed by atoms with E-state index in [9.17, 15) is 14.7 Å². The lowest BCUT2D eigenvalue weighted by Crippen LogP contribution is -2.12. The van der Waals surface area contributed by atoms with Gasteiger partial charge in [-0.3, -0.25) is 9.59 Å². The summed E-state index contributed by atoms with van der Waals surface area (Å²) < 4.78 is 0. The van der Waals surface area contributed by atoms with Crippen LogP contribution in [-0.4, -0.2) is 16.9 Å². The molecule has 15 heavy (non-hydrogen) atoms. The average Bonchev–Trinajstić information content (AvgIpc) is 2.17. The van der Waals surface area contributed by atoms with Gasteiger partial charge in [-0.25, -0.2) is 0 Å². The molecule has 0 bridgehead atoms. The van der Waals surface area contributed by atoms with Crippen molar-refractivity contribution in [3.8, 4) is 5.75 Å². The summed E-state index contributed by atoms with van der Waals surface area (Å²) in [5.74, 6) is -1.11. The van der Waals surface area contributed by atoms with Crippen LogP contribution in [0.5, 0.6) is 5.75 Å². The van der Waals surface area contributed by atoms with Crippen molar-refractivity contribution in [3.05, 3.63) is 23.8 Å². The summed E-state index contributed by atoms with van der Waals surface area (Å²) in [4.78, 5) is 21.8. The third-order valence-electron chi connectivity index (χ3n) is 1.87. The first-order chi connectivity index (χ1) is 7.04. The molecule has 0 heterocycles. The van der Waals surface area contributed by atoms with Crippen LogP contribution >= 0.6 is 0 Å². The highest BCUT2D eigenvalue weighted by Gasteiger charge is 2.08. The van der Waals surface area contributed by atoms with Gasteiger partial charge < -0.3 is 16.2 Å². The molecule has 0 spiro atoms. The first-order valence-corrected chi connectivity index (χ1v) is 4.47. The lowest BCUT2D eigenvalue weighted by molar-refractivity contribution is -0.115. The summed E-state index contributed by atoms with van der Waals surface area (Å²) >= 11 is 0. The maximum Gasteiger partial charge on any atom is 0.252 e. The highest BCUT2D eigenvalue weighted by atomic mass is 16.3. The van der Waals surface area contributed by atoms with Gasteiger partial charge in [-0.15, -0.1) is 0 Å². The summed E-state index contributed by atoms with van der Waals surface area (Å²) in [5.41, 5.74) is 5.47. The number of nitrogens with two attached hydrogens (primary N) is 1. The standard InChI is InChI=1S/C10H12N2O3/c1-2-9(14)12-6-3-4-7(10(11)15)8(13)5-6/h3-5,13H,2H2,1H3,(H2,11,15)(H,12,14). The van der Waals surface area contributed by atoms with Gasteiger partial charge in [-0.2, -0.15) is 0 Å². The number of benzene rings is 1. The van der Waals surface area contributed by atoms with E-state index in [0.717, 1.165) is 0 Å². The van der Waals surface area contributed by atoms with E-state index in [-0.39, 0.29) is 17.2 Å². The highest BCUT2D eigenvalue weighted by Crippen LogP contribution is 2.21. The Kier molecular flexibility index (Phi) is 3.28. The maximum atomic E-state index is 11.0. The van der Waals surface area contributed by atoms with Crippen molar-refractivity contribution in [2.45, 2.75) is 13.3 Å². The van der Waals surface area contributed by atoms with Crippen LogP contribution in [0, 0.1) is 0 Å². The molecule has 0 aliphatic heterocycles. The minimum absolute atomic E-state index is 0.0319. The zero-order valence-corrected chi connectivity index (χ0v) is 8.28. The Hall–Kier alpha value is -2.04. The van der Waals surface area contributed by atoms with Crippen LogP contribution in [0.2, 0.25) is 0 Å². The Labute approximate surface area is 86.9 Å². The van der Waals surface area contributed by atoms with Crippen LogP contribution in [0.25, 0.3) is 0 Å². The topological polar surface area (TPSA) is 92.4 Å².